The number of hydrogen-bond donors (Lipinski definition) is 1. The van der Waals surface area contributed by atoms with Crippen molar-refractivity contribution in [2.24, 2.45) is 0 Å². The zero-order chi connectivity index (χ0) is 20.1. The predicted octanol–water partition coefficient (Wildman–Crippen LogP) is 2.44. The zero-order valence-corrected chi connectivity index (χ0v) is 16.5. The van der Waals surface area contributed by atoms with Gasteiger partial charge in [-0.2, -0.15) is 0 Å². The molecule has 7 nitrogen and oxygen atoms in total. The second-order valence-corrected chi connectivity index (χ2v) is 7.12. The molecule has 0 atom stereocenters. The van der Waals surface area contributed by atoms with Crippen molar-refractivity contribution in [2.75, 3.05) is 36.0 Å². The Kier molecular flexibility index (Phi) is 5.65. The minimum Gasteiger partial charge on any atom is -0.367 e. The summed E-state index contributed by atoms with van der Waals surface area (Å²) in [6, 6.07) is 11.9. The maximum atomic E-state index is 12.6. The van der Waals surface area contributed by atoms with Gasteiger partial charge in [0, 0.05) is 51.3 Å². The van der Waals surface area contributed by atoms with Gasteiger partial charge < -0.3 is 15.1 Å². The van der Waals surface area contributed by atoms with Gasteiger partial charge in [0.05, 0.1) is 17.4 Å². The Balaban J connectivity index is 1.36. The minimum absolute atomic E-state index is 0.115. The number of benzene rings is 1. The Morgan fingerprint density at radius 2 is 1.69 bits per heavy atom. The van der Waals surface area contributed by atoms with Crippen molar-refractivity contribution in [1.82, 2.24) is 20.3 Å². The van der Waals surface area contributed by atoms with Crippen LogP contribution in [0.3, 0.4) is 0 Å². The number of piperazine rings is 1. The van der Waals surface area contributed by atoms with Crippen molar-refractivity contribution >= 4 is 17.5 Å². The van der Waals surface area contributed by atoms with Crippen LogP contribution in [-0.4, -0.2) is 47.0 Å². The first-order valence-corrected chi connectivity index (χ1v) is 9.75. The van der Waals surface area contributed by atoms with E-state index in [1.165, 1.54) is 5.56 Å². The number of nitrogens with zero attached hydrogens (tertiary/aromatic N) is 5. The average Bonchev–Trinajstić information content (AvgIpc) is 2.79. The van der Waals surface area contributed by atoms with Crippen molar-refractivity contribution in [1.29, 1.82) is 0 Å². The predicted molar refractivity (Wildman–Crippen MR) is 113 cm³/mol. The van der Waals surface area contributed by atoms with Crippen molar-refractivity contribution in [3.63, 3.8) is 0 Å². The van der Waals surface area contributed by atoms with Gasteiger partial charge in [-0.1, -0.05) is 29.8 Å². The summed E-state index contributed by atoms with van der Waals surface area (Å²) in [7, 11) is 0. The Bertz CT molecular complexity index is 953. The van der Waals surface area contributed by atoms with Gasteiger partial charge in [-0.3, -0.25) is 9.78 Å². The molecule has 148 valence electrons. The monoisotopic (exact) mass is 388 g/mol. The number of nitrogens with one attached hydrogen (secondary N) is 1. The molecule has 1 amide bonds. The third kappa shape index (κ3) is 4.68. The lowest BCUT2D eigenvalue weighted by Gasteiger charge is -2.35. The molecule has 0 spiro atoms. The summed E-state index contributed by atoms with van der Waals surface area (Å²) >= 11 is 0. The molecule has 0 saturated carbocycles. The zero-order valence-electron chi connectivity index (χ0n) is 16.5. The molecule has 0 unspecified atom stereocenters. The third-order valence-electron chi connectivity index (χ3n) is 5.04. The van der Waals surface area contributed by atoms with Crippen LogP contribution in [0.4, 0.5) is 11.6 Å². The Hall–Kier alpha value is -3.48. The highest BCUT2D eigenvalue weighted by Gasteiger charge is 2.20. The number of aryl methyl sites for hydroxylation is 1. The van der Waals surface area contributed by atoms with Crippen LogP contribution in [0.2, 0.25) is 0 Å². The SMILES string of the molecule is Cc1ccc(CNC(=O)c2cncc(N3CCN(c4ncccn4)CC3)c2)cc1. The highest BCUT2D eigenvalue weighted by atomic mass is 16.1. The van der Waals surface area contributed by atoms with Crippen LogP contribution in [0.5, 0.6) is 0 Å². The number of aromatic nitrogens is 3. The van der Waals surface area contributed by atoms with E-state index in [4.69, 9.17) is 0 Å². The van der Waals surface area contributed by atoms with Crippen LogP contribution in [0.15, 0.2) is 61.2 Å². The number of carbonyl (C=O) groups is 1. The lowest BCUT2D eigenvalue weighted by Crippen LogP contribution is -2.47. The second kappa shape index (κ2) is 8.68. The summed E-state index contributed by atoms with van der Waals surface area (Å²) in [4.78, 5) is 29.9. The molecule has 1 aromatic carbocycles. The molecule has 1 fully saturated rings. The summed E-state index contributed by atoms with van der Waals surface area (Å²) in [5.74, 6) is 0.644. The van der Waals surface area contributed by atoms with Crippen molar-refractivity contribution in [2.45, 2.75) is 13.5 Å². The molecular weight excluding hydrogens is 364 g/mol. The average molecular weight is 388 g/mol. The van der Waals surface area contributed by atoms with E-state index in [2.05, 4.69) is 30.1 Å². The maximum Gasteiger partial charge on any atom is 0.253 e. The Morgan fingerprint density at radius 1 is 1.00 bits per heavy atom. The van der Waals surface area contributed by atoms with Crippen molar-refractivity contribution in [3.8, 4) is 0 Å². The Morgan fingerprint density at radius 3 is 2.41 bits per heavy atom. The molecule has 0 radical (unpaired) electrons. The quantitative estimate of drug-likeness (QED) is 0.724. The summed E-state index contributed by atoms with van der Waals surface area (Å²) in [5.41, 5.74) is 3.81. The molecule has 29 heavy (non-hydrogen) atoms. The van der Waals surface area contributed by atoms with Gasteiger partial charge in [-0.15, -0.1) is 0 Å². The van der Waals surface area contributed by atoms with E-state index in [-0.39, 0.29) is 5.91 Å². The van der Waals surface area contributed by atoms with Crippen molar-refractivity contribution < 1.29 is 4.79 Å². The Labute approximate surface area is 170 Å². The van der Waals surface area contributed by atoms with E-state index in [1.807, 2.05) is 49.5 Å². The molecule has 1 aliphatic rings. The molecule has 4 rings (SSSR count). The molecule has 3 heterocycles. The normalized spacial score (nSPS) is 14.0. The van der Waals surface area contributed by atoms with Crippen LogP contribution < -0.4 is 15.1 Å². The number of hydrogen-bond acceptors (Lipinski definition) is 6. The van der Waals surface area contributed by atoms with E-state index in [1.54, 1.807) is 18.6 Å². The topological polar surface area (TPSA) is 74.2 Å². The van der Waals surface area contributed by atoms with E-state index in [0.29, 0.717) is 12.1 Å². The highest BCUT2D eigenvalue weighted by Crippen LogP contribution is 2.18. The summed E-state index contributed by atoms with van der Waals surface area (Å²) in [5, 5.41) is 2.97. The van der Waals surface area contributed by atoms with Crippen molar-refractivity contribution in [3.05, 3.63) is 77.9 Å². The van der Waals surface area contributed by atoms with Gasteiger partial charge in [0.15, 0.2) is 0 Å². The fourth-order valence-corrected chi connectivity index (χ4v) is 3.33. The minimum atomic E-state index is -0.115. The van der Waals surface area contributed by atoms with Gasteiger partial charge in [-0.25, -0.2) is 9.97 Å². The molecule has 1 saturated heterocycles. The van der Waals surface area contributed by atoms with Crippen LogP contribution in [0, 0.1) is 6.92 Å². The number of rotatable bonds is 5. The van der Waals surface area contributed by atoms with E-state index in [9.17, 15) is 4.79 Å². The number of amides is 1. The summed E-state index contributed by atoms with van der Waals surface area (Å²) < 4.78 is 0. The highest BCUT2D eigenvalue weighted by molar-refractivity contribution is 5.94. The van der Waals surface area contributed by atoms with Gasteiger partial charge in [-0.05, 0) is 24.6 Å². The van der Waals surface area contributed by atoms with Gasteiger partial charge >= 0.3 is 0 Å². The van der Waals surface area contributed by atoms with Crippen LogP contribution in [-0.2, 0) is 6.54 Å². The largest absolute Gasteiger partial charge is 0.367 e. The molecule has 7 heteroatoms. The smallest absolute Gasteiger partial charge is 0.253 e. The first kappa shape index (κ1) is 18.9. The summed E-state index contributed by atoms with van der Waals surface area (Å²) in [6.45, 7) is 5.86. The lowest BCUT2D eigenvalue weighted by atomic mass is 10.1. The number of carbonyl (C=O) groups excluding carboxylic acids is 1. The van der Waals surface area contributed by atoms with Crippen LogP contribution >= 0.6 is 0 Å². The molecular formula is C22H24N6O. The van der Waals surface area contributed by atoms with Crippen LogP contribution in [0.1, 0.15) is 21.5 Å². The van der Waals surface area contributed by atoms with Crippen LogP contribution in [0.25, 0.3) is 0 Å². The fraction of sp³-hybridized carbons (Fsp3) is 0.273. The number of anilines is 2. The maximum absolute atomic E-state index is 12.6. The molecule has 0 aliphatic carbocycles. The fourth-order valence-electron chi connectivity index (χ4n) is 3.33. The standard InChI is InChI=1S/C22H24N6O/c1-17-3-5-18(6-4-17)14-26-21(29)19-13-20(16-23-15-19)27-9-11-28(12-10-27)22-24-7-2-8-25-22/h2-8,13,15-16H,9-12,14H2,1H3,(H,26,29). The van der Waals surface area contributed by atoms with E-state index in [0.717, 1.165) is 43.4 Å². The molecule has 3 aromatic rings. The van der Waals surface area contributed by atoms with E-state index >= 15 is 0 Å². The summed E-state index contributed by atoms with van der Waals surface area (Å²) in [6.07, 6.45) is 6.95. The first-order valence-electron chi connectivity index (χ1n) is 9.75. The molecule has 1 N–H and O–H groups in total. The van der Waals surface area contributed by atoms with Gasteiger partial charge in [0.25, 0.3) is 5.91 Å². The van der Waals surface area contributed by atoms with Gasteiger partial charge in [0.1, 0.15) is 0 Å². The molecule has 0 bridgehead atoms. The number of pyridine rings is 1. The second-order valence-electron chi connectivity index (χ2n) is 7.12. The molecule has 2 aromatic heterocycles. The van der Waals surface area contributed by atoms with E-state index < -0.39 is 0 Å². The third-order valence-corrected chi connectivity index (χ3v) is 5.04. The first-order chi connectivity index (χ1) is 14.2. The lowest BCUT2D eigenvalue weighted by molar-refractivity contribution is 0.0950. The molecule has 1 aliphatic heterocycles. The van der Waals surface area contributed by atoms with Gasteiger partial charge in [0.2, 0.25) is 5.95 Å².